The maximum Gasteiger partial charge on any atom is 0.246 e. The van der Waals surface area contributed by atoms with Crippen LogP contribution in [0.3, 0.4) is 0 Å². The van der Waals surface area contributed by atoms with Gasteiger partial charge in [0.25, 0.3) is 0 Å². The summed E-state index contributed by atoms with van der Waals surface area (Å²) in [6.07, 6.45) is 6.10. The lowest BCUT2D eigenvalue weighted by atomic mass is 10.2. The Morgan fingerprint density at radius 1 is 1.32 bits per heavy atom. The number of hydrogen-bond acceptors (Lipinski definition) is 8. The van der Waals surface area contributed by atoms with E-state index >= 15 is 0 Å². The Balaban J connectivity index is 1.49. The average molecular weight is 502 g/mol. The highest BCUT2D eigenvalue weighted by atomic mass is 35.5. The average Bonchev–Trinajstić information content (AvgIpc) is 3.44. The first kappa shape index (κ1) is 22.9. The molecule has 1 unspecified atom stereocenters. The number of anilines is 3. The second-order valence-electron chi connectivity index (χ2n) is 7.32. The Bertz CT molecular complexity index is 906. The number of thioether (sulfide) groups is 2. The summed E-state index contributed by atoms with van der Waals surface area (Å²) in [6, 6.07) is 5.89. The minimum absolute atomic E-state index is 0.0774. The van der Waals surface area contributed by atoms with Gasteiger partial charge in [0.15, 0.2) is 5.82 Å². The van der Waals surface area contributed by atoms with Gasteiger partial charge in [-0.15, -0.1) is 40.2 Å². The molecule has 0 radical (unpaired) electrons. The van der Waals surface area contributed by atoms with E-state index < -0.39 is 0 Å². The molecule has 0 amide bonds. The van der Waals surface area contributed by atoms with E-state index in [1.807, 2.05) is 46.6 Å². The normalized spacial score (nSPS) is 20.2. The molecule has 0 saturated carbocycles. The summed E-state index contributed by atoms with van der Waals surface area (Å²) >= 11 is 15.9. The smallest absolute Gasteiger partial charge is 0.246 e. The van der Waals surface area contributed by atoms with Crippen LogP contribution in [0.2, 0.25) is 0 Å². The van der Waals surface area contributed by atoms with E-state index in [9.17, 15) is 0 Å². The summed E-state index contributed by atoms with van der Waals surface area (Å²) in [6.45, 7) is 0.621. The molecular formula is C20H26Cl2N6OS2. The van der Waals surface area contributed by atoms with E-state index in [2.05, 4.69) is 20.5 Å². The van der Waals surface area contributed by atoms with Gasteiger partial charge in [0.05, 0.1) is 25.7 Å². The van der Waals surface area contributed by atoms with Crippen LogP contribution in [0.25, 0.3) is 0 Å². The first-order chi connectivity index (χ1) is 15.1. The zero-order chi connectivity index (χ0) is 21.7. The third kappa shape index (κ3) is 5.38. The molecule has 1 aromatic heterocycles. The highest BCUT2D eigenvalue weighted by Gasteiger charge is 2.38. The van der Waals surface area contributed by atoms with Crippen molar-refractivity contribution in [1.29, 1.82) is 0 Å². The molecule has 0 aliphatic carbocycles. The molecule has 31 heavy (non-hydrogen) atoms. The fraction of sp³-hybridized carbons (Fsp3) is 0.550. The van der Waals surface area contributed by atoms with Crippen LogP contribution in [-0.2, 0) is 4.08 Å². The van der Waals surface area contributed by atoms with Gasteiger partial charge in [0, 0.05) is 17.6 Å². The van der Waals surface area contributed by atoms with Gasteiger partial charge in [-0.05, 0) is 49.3 Å². The number of benzene rings is 1. The van der Waals surface area contributed by atoms with Crippen LogP contribution in [-0.4, -0.2) is 58.1 Å². The van der Waals surface area contributed by atoms with Crippen molar-refractivity contribution < 1.29 is 4.74 Å². The number of hydrogen-bond donors (Lipinski definition) is 2. The highest BCUT2D eigenvalue weighted by Crippen LogP contribution is 2.52. The second kappa shape index (κ2) is 10.6. The molecule has 1 fully saturated rings. The van der Waals surface area contributed by atoms with E-state index in [-0.39, 0.29) is 9.58 Å². The molecular weight excluding hydrogens is 475 g/mol. The van der Waals surface area contributed by atoms with Crippen LogP contribution in [0.5, 0.6) is 5.75 Å². The lowest BCUT2D eigenvalue weighted by Crippen LogP contribution is -2.24. The van der Waals surface area contributed by atoms with Gasteiger partial charge < -0.3 is 15.0 Å². The summed E-state index contributed by atoms with van der Waals surface area (Å²) in [5.74, 6) is 5.18. The van der Waals surface area contributed by atoms with Crippen molar-refractivity contribution in [3.63, 3.8) is 0 Å². The van der Waals surface area contributed by atoms with Crippen molar-refractivity contribution in [2.24, 2.45) is 4.99 Å². The number of ether oxygens (including phenoxy) is 1. The summed E-state index contributed by atoms with van der Waals surface area (Å²) < 4.78 is 5.51. The number of nitrogens with one attached hydrogen (secondary N) is 2. The Morgan fingerprint density at radius 2 is 2.16 bits per heavy atom. The zero-order valence-corrected chi connectivity index (χ0v) is 20.5. The van der Waals surface area contributed by atoms with E-state index in [1.165, 1.54) is 6.42 Å². The number of aromatic amines is 1. The van der Waals surface area contributed by atoms with Gasteiger partial charge in [-0.25, -0.2) is 0 Å². The lowest BCUT2D eigenvalue weighted by Gasteiger charge is -2.34. The number of alkyl halides is 2. The molecule has 2 aliphatic heterocycles. The van der Waals surface area contributed by atoms with Gasteiger partial charge in [0.2, 0.25) is 5.95 Å². The number of rotatable bonds is 9. The summed E-state index contributed by atoms with van der Waals surface area (Å²) in [5, 5.41) is 10.9. The number of nitrogens with zero attached hydrogens (tertiary/aromatic N) is 4. The van der Waals surface area contributed by atoms with Crippen LogP contribution in [0.15, 0.2) is 23.2 Å². The Kier molecular flexibility index (Phi) is 7.79. The van der Waals surface area contributed by atoms with Crippen LogP contribution >= 0.6 is 46.7 Å². The number of halogens is 2. The minimum atomic E-state index is -0.235. The topological polar surface area (TPSA) is 78.4 Å². The van der Waals surface area contributed by atoms with Crippen molar-refractivity contribution in [3.05, 3.63) is 24.0 Å². The van der Waals surface area contributed by atoms with Crippen molar-refractivity contribution in [2.75, 3.05) is 41.3 Å². The molecule has 11 heteroatoms. The van der Waals surface area contributed by atoms with E-state index in [0.717, 1.165) is 53.7 Å². The predicted molar refractivity (Wildman–Crippen MR) is 134 cm³/mol. The highest BCUT2D eigenvalue weighted by molar-refractivity contribution is 8.18. The first-order valence-corrected chi connectivity index (χ1v) is 13.2. The van der Waals surface area contributed by atoms with E-state index in [4.69, 9.17) is 32.9 Å². The van der Waals surface area contributed by atoms with Gasteiger partial charge in [-0.2, -0.15) is 4.98 Å². The molecule has 1 atom stereocenters. The molecule has 2 aliphatic rings. The molecule has 0 bridgehead atoms. The van der Waals surface area contributed by atoms with Gasteiger partial charge in [0.1, 0.15) is 15.3 Å². The molecule has 3 heterocycles. The number of H-pyrrole nitrogens is 1. The SMILES string of the molecule is COc1cc(Nc2n[nH]c(C3(CCCCCl)SCCCS3)n2)ccc1N1C=NC(Cl)C1. The largest absolute Gasteiger partial charge is 0.494 e. The molecule has 1 saturated heterocycles. The quantitative estimate of drug-likeness (QED) is 0.271. The molecule has 2 N–H and O–H groups in total. The minimum Gasteiger partial charge on any atom is -0.494 e. The standard InChI is InChI=1S/C20H26Cl2N6OS2/c1-29-16-11-14(5-6-15(16)28-12-17(22)23-13-28)24-19-25-18(26-27-19)20(7-2-3-8-21)30-9-4-10-31-20/h5-6,11,13,17H,2-4,7-10,12H2,1H3,(H2,24,25,26,27). The van der Waals surface area contributed by atoms with Crippen LogP contribution < -0.4 is 15.0 Å². The fourth-order valence-electron chi connectivity index (χ4n) is 3.61. The second-order valence-corrected chi connectivity index (χ2v) is 11.2. The monoisotopic (exact) mass is 500 g/mol. The van der Waals surface area contributed by atoms with Crippen LogP contribution in [0.1, 0.15) is 31.5 Å². The van der Waals surface area contributed by atoms with Crippen LogP contribution in [0.4, 0.5) is 17.3 Å². The fourth-order valence-corrected chi connectivity index (χ4v) is 7.28. The van der Waals surface area contributed by atoms with Crippen LogP contribution in [0, 0.1) is 0 Å². The third-order valence-corrected chi connectivity index (χ3v) is 9.09. The number of unbranched alkanes of at least 4 members (excludes halogenated alkanes) is 1. The Morgan fingerprint density at radius 3 is 2.87 bits per heavy atom. The van der Waals surface area contributed by atoms with E-state index in [1.54, 1.807) is 13.4 Å². The molecule has 168 valence electrons. The number of aromatic nitrogens is 3. The third-order valence-electron chi connectivity index (χ3n) is 5.16. The Labute approximate surface area is 201 Å². The van der Waals surface area contributed by atoms with Crippen molar-refractivity contribution in [2.45, 2.75) is 35.3 Å². The summed E-state index contributed by atoms with van der Waals surface area (Å²) in [5.41, 5.74) is 1.54. The van der Waals surface area contributed by atoms with Gasteiger partial charge in [-0.3, -0.25) is 10.1 Å². The number of methoxy groups -OCH3 is 1. The molecule has 4 rings (SSSR count). The van der Waals surface area contributed by atoms with Gasteiger partial charge >= 0.3 is 0 Å². The van der Waals surface area contributed by atoms with Gasteiger partial charge in [-0.1, -0.05) is 11.6 Å². The molecule has 0 spiro atoms. The van der Waals surface area contributed by atoms with E-state index in [0.29, 0.717) is 18.4 Å². The summed E-state index contributed by atoms with van der Waals surface area (Å²) in [7, 11) is 1.65. The molecule has 7 nitrogen and oxygen atoms in total. The maximum absolute atomic E-state index is 6.09. The first-order valence-electron chi connectivity index (χ1n) is 10.3. The maximum atomic E-state index is 6.09. The van der Waals surface area contributed by atoms with Crippen molar-refractivity contribution in [3.8, 4) is 5.75 Å². The predicted octanol–water partition coefficient (Wildman–Crippen LogP) is 5.40. The molecule has 2 aromatic rings. The van der Waals surface area contributed by atoms with Crippen molar-refractivity contribution >= 4 is 70.4 Å². The Hall–Kier alpha value is -1.29. The van der Waals surface area contributed by atoms with Crippen molar-refractivity contribution in [1.82, 2.24) is 15.2 Å². The molecule has 1 aromatic carbocycles. The lowest BCUT2D eigenvalue weighted by molar-refractivity contribution is 0.416. The zero-order valence-electron chi connectivity index (χ0n) is 17.3. The number of aliphatic imine (C=N–C) groups is 1. The summed E-state index contributed by atoms with van der Waals surface area (Å²) in [4.78, 5) is 11.0.